The van der Waals surface area contributed by atoms with Gasteiger partial charge in [0.1, 0.15) is 6.61 Å². The molecule has 3 N–H and O–H groups in total. The van der Waals surface area contributed by atoms with Crippen molar-refractivity contribution in [1.82, 2.24) is 5.43 Å². The molecule has 0 heterocycles. The molecule has 0 aliphatic rings. The van der Waals surface area contributed by atoms with E-state index in [0.29, 0.717) is 0 Å². The van der Waals surface area contributed by atoms with Gasteiger partial charge >= 0.3 is 5.97 Å². The van der Waals surface area contributed by atoms with E-state index in [1.165, 1.54) is 0 Å². The van der Waals surface area contributed by atoms with E-state index in [0.717, 1.165) is 5.56 Å². The Morgan fingerprint density at radius 2 is 2.00 bits per heavy atom. The Hall–Kier alpha value is -1.88. The number of carbonyl (C=O) groups excluding carboxylic acids is 2. The zero-order valence-electron chi connectivity index (χ0n) is 9.68. The predicted molar refractivity (Wildman–Crippen MR) is 62.3 cm³/mol. The van der Waals surface area contributed by atoms with E-state index in [1.807, 2.05) is 35.8 Å². The fourth-order valence-electron chi connectivity index (χ4n) is 1.29. The lowest BCUT2D eigenvalue weighted by molar-refractivity contribution is -0.150. The molecular weight excluding hydrogens is 220 g/mol. The van der Waals surface area contributed by atoms with E-state index in [4.69, 9.17) is 10.6 Å². The first-order valence-electron chi connectivity index (χ1n) is 5.33. The maximum Gasteiger partial charge on any atom is 0.309 e. The van der Waals surface area contributed by atoms with Gasteiger partial charge in [-0.05, 0) is 5.56 Å². The van der Waals surface area contributed by atoms with E-state index in [2.05, 4.69) is 0 Å². The molecule has 0 aliphatic heterocycles. The van der Waals surface area contributed by atoms with Gasteiger partial charge in [-0.1, -0.05) is 37.3 Å². The van der Waals surface area contributed by atoms with Crippen LogP contribution in [0.15, 0.2) is 30.3 Å². The monoisotopic (exact) mass is 236 g/mol. The molecule has 1 amide bonds. The van der Waals surface area contributed by atoms with Crippen LogP contribution in [0, 0.1) is 5.92 Å². The normalized spacial score (nSPS) is 11.6. The quantitative estimate of drug-likeness (QED) is 0.342. The van der Waals surface area contributed by atoms with Crippen LogP contribution in [0.2, 0.25) is 0 Å². The van der Waals surface area contributed by atoms with E-state index < -0.39 is 11.9 Å². The molecule has 1 rings (SSSR count). The minimum Gasteiger partial charge on any atom is -0.461 e. The van der Waals surface area contributed by atoms with Crippen molar-refractivity contribution in [3.05, 3.63) is 35.9 Å². The largest absolute Gasteiger partial charge is 0.461 e. The number of esters is 1. The SMILES string of the molecule is CC(CC(=O)NN)C(=O)OCc1ccccc1. The third-order valence-electron chi connectivity index (χ3n) is 2.28. The number of nitrogens with one attached hydrogen (secondary N) is 1. The maximum atomic E-state index is 11.5. The lowest BCUT2D eigenvalue weighted by atomic mass is 10.1. The van der Waals surface area contributed by atoms with E-state index in [1.54, 1.807) is 6.92 Å². The summed E-state index contributed by atoms with van der Waals surface area (Å²) >= 11 is 0. The summed E-state index contributed by atoms with van der Waals surface area (Å²) in [6.07, 6.45) is 0.0319. The second kappa shape index (κ2) is 6.65. The highest BCUT2D eigenvalue weighted by molar-refractivity contribution is 5.82. The second-order valence-electron chi connectivity index (χ2n) is 3.77. The van der Waals surface area contributed by atoms with E-state index in [9.17, 15) is 9.59 Å². The highest BCUT2D eigenvalue weighted by Crippen LogP contribution is 2.07. The van der Waals surface area contributed by atoms with Gasteiger partial charge in [-0.3, -0.25) is 15.0 Å². The molecule has 0 saturated heterocycles. The lowest BCUT2D eigenvalue weighted by Crippen LogP contribution is -2.32. The number of hydrogen-bond acceptors (Lipinski definition) is 4. The van der Waals surface area contributed by atoms with Gasteiger partial charge in [0.05, 0.1) is 5.92 Å². The Morgan fingerprint density at radius 3 is 2.59 bits per heavy atom. The van der Waals surface area contributed by atoms with Crippen LogP contribution >= 0.6 is 0 Å². The fourth-order valence-corrected chi connectivity index (χ4v) is 1.29. The third-order valence-corrected chi connectivity index (χ3v) is 2.28. The number of rotatable bonds is 5. The molecule has 1 aromatic carbocycles. The van der Waals surface area contributed by atoms with Crippen LogP contribution in [0.4, 0.5) is 0 Å². The maximum absolute atomic E-state index is 11.5. The first kappa shape index (κ1) is 13.2. The number of carbonyl (C=O) groups is 2. The summed E-state index contributed by atoms with van der Waals surface area (Å²) < 4.78 is 5.08. The molecule has 0 aromatic heterocycles. The molecule has 5 nitrogen and oxygen atoms in total. The average molecular weight is 236 g/mol. The summed E-state index contributed by atoms with van der Waals surface area (Å²) in [6, 6.07) is 9.36. The van der Waals surface area contributed by atoms with E-state index in [-0.39, 0.29) is 18.9 Å². The third kappa shape index (κ3) is 4.65. The molecule has 0 aliphatic carbocycles. The number of hydrazine groups is 1. The Bertz CT molecular complexity index is 379. The smallest absolute Gasteiger partial charge is 0.309 e. The van der Waals surface area contributed by atoms with Gasteiger partial charge in [0.2, 0.25) is 5.91 Å². The molecule has 0 radical (unpaired) electrons. The molecule has 1 aromatic rings. The molecule has 0 spiro atoms. The zero-order chi connectivity index (χ0) is 12.7. The summed E-state index contributed by atoms with van der Waals surface area (Å²) in [5.74, 6) is 3.65. The molecule has 0 bridgehead atoms. The van der Waals surface area contributed by atoms with Gasteiger partial charge in [0.25, 0.3) is 0 Å². The molecule has 1 unspecified atom stereocenters. The minimum atomic E-state index is -0.498. The molecule has 92 valence electrons. The van der Waals surface area contributed by atoms with Crippen molar-refractivity contribution in [2.75, 3.05) is 0 Å². The summed E-state index contributed by atoms with van der Waals surface area (Å²) in [6.45, 7) is 1.84. The van der Waals surface area contributed by atoms with Crippen molar-refractivity contribution in [1.29, 1.82) is 0 Å². The topological polar surface area (TPSA) is 81.4 Å². The highest BCUT2D eigenvalue weighted by atomic mass is 16.5. The number of hydrogen-bond donors (Lipinski definition) is 2. The fraction of sp³-hybridized carbons (Fsp3) is 0.333. The van der Waals surface area contributed by atoms with Crippen LogP contribution in [0.3, 0.4) is 0 Å². The number of ether oxygens (including phenoxy) is 1. The van der Waals surface area contributed by atoms with Crippen molar-refractivity contribution in [3.8, 4) is 0 Å². The Kier molecular flexibility index (Phi) is 5.16. The van der Waals surface area contributed by atoms with Gasteiger partial charge < -0.3 is 4.74 Å². The first-order chi connectivity index (χ1) is 8.13. The van der Waals surface area contributed by atoms with Crippen LogP contribution < -0.4 is 11.3 Å². The summed E-state index contributed by atoms with van der Waals surface area (Å²) in [7, 11) is 0. The molecule has 0 fully saturated rings. The van der Waals surface area contributed by atoms with Crippen molar-refractivity contribution in [3.63, 3.8) is 0 Å². The van der Waals surface area contributed by atoms with Gasteiger partial charge in [-0.15, -0.1) is 0 Å². The number of benzene rings is 1. The average Bonchev–Trinajstić information content (AvgIpc) is 2.36. The Labute approximate surface area is 99.9 Å². The number of amides is 1. The first-order valence-corrected chi connectivity index (χ1v) is 5.33. The Balaban J connectivity index is 2.37. The van der Waals surface area contributed by atoms with Crippen molar-refractivity contribution in [2.24, 2.45) is 11.8 Å². The van der Waals surface area contributed by atoms with Crippen molar-refractivity contribution in [2.45, 2.75) is 20.0 Å². The van der Waals surface area contributed by atoms with Crippen LogP contribution in [0.1, 0.15) is 18.9 Å². The Morgan fingerprint density at radius 1 is 1.35 bits per heavy atom. The second-order valence-corrected chi connectivity index (χ2v) is 3.77. The molecule has 17 heavy (non-hydrogen) atoms. The predicted octanol–water partition coefficient (Wildman–Crippen LogP) is 0.746. The summed E-state index contributed by atoms with van der Waals surface area (Å²) in [4.78, 5) is 22.5. The lowest BCUT2D eigenvalue weighted by Gasteiger charge is -2.10. The highest BCUT2D eigenvalue weighted by Gasteiger charge is 2.17. The van der Waals surface area contributed by atoms with Gasteiger partial charge in [0, 0.05) is 6.42 Å². The van der Waals surface area contributed by atoms with Crippen molar-refractivity contribution >= 4 is 11.9 Å². The summed E-state index contributed by atoms with van der Waals surface area (Å²) in [5, 5.41) is 0. The van der Waals surface area contributed by atoms with Crippen LogP contribution in [-0.4, -0.2) is 11.9 Å². The van der Waals surface area contributed by atoms with Crippen LogP contribution in [0.25, 0.3) is 0 Å². The minimum absolute atomic E-state index is 0.0319. The summed E-state index contributed by atoms with van der Waals surface area (Å²) in [5.41, 5.74) is 2.89. The molecule has 5 heteroatoms. The van der Waals surface area contributed by atoms with Gasteiger partial charge in [-0.2, -0.15) is 0 Å². The molecule has 0 saturated carbocycles. The standard InChI is InChI=1S/C12H16N2O3/c1-9(7-11(15)14-13)12(16)17-8-10-5-3-2-4-6-10/h2-6,9H,7-8,13H2,1H3,(H,14,15). The van der Waals surface area contributed by atoms with Gasteiger partial charge in [-0.25, -0.2) is 5.84 Å². The molecule has 1 atom stereocenters. The van der Waals surface area contributed by atoms with Gasteiger partial charge in [0.15, 0.2) is 0 Å². The number of nitrogens with two attached hydrogens (primary N) is 1. The molecular formula is C12H16N2O3. The zero-order valence-corrected chi connectivity index (χ0v) is 9.68. The van der Waals surface area contributed by atoms with Crippen molar-refractivity contribution < 1.29 is 14.3 Å². The van der Waals surface area contributed by atoms with Crippen LogP contribution in [0.5, 0.6) is 0 Å². The van der Waals surface area contributed by atoms with Crippen LogP contribution in [-0.2, 0) is 20.9 Å². The van der Waals surface area contributed by atoms with E-state index >= 15 is 0 Å².